The van der Waals surface area contributed by atoms with Gasteiger partial charge in [-0.1, -0.05) is 50.1 Å². The Balaban J connectivity index is 1.73. The van der Waals surface area contributed by atoms with E-state index in [0.717, 1.165) is 37.7 Å². The minimum atomic E-state index is -0.705. The zero-order valence-electron chi connectivity index (χ0n) is 18.8. The third-order valence-corrected chi connectivity index (χ3v) is 9.26. The Labute approximate surface area is 193 Å². The highest BCUT2D eigenvalue weighted by Gasteiger charge is 2.74. The van der Waals surface area contributed by atoms with Crippen LogP contribution in [0, 0.1) is 11.8 Å². The van der Waals surface area contributed by atoms with Crippen LogP contribution in [0.25, 0.3) is 0 Å². The lowest BCUT2D eigenvalue weighted by molar-refractivity contribution is -0.142. The Bertz CT molecular complexity index is 866. The van der Waals surface area contributed by atoms with E-state index in [-0.39, 0.29) is 29.6 Å². The van der Waals surface area contributed by atoms with Crippen LogP contribution in [0.2, 0.25) is 0 Å². The van der Waals surface area contributed by atoms with Gasteiger partial charge in [0.2, 0.25) is 17.7 Å². The fourth-order valence-corrected chi connectivity index (χ4v) is 8.11. The molecule has 174 valence electrons. The van der Waals surface area contributed by atoms with Crippen molar-refractivity contribution in [3.63, 3.8) is 0 Å². The number of benzene rings is 1. The molecule has 3 saturated heterocycles. The van der Waals surface area contributed by atoms with Crippen LogP contribution >= 0.6 is 11.8 Å². The largest absolute Gasteiger partial charge is 0.394 e. The number of unbranched alkanes of at least 4 members (excludes halogenated alkanes) is 2. The van der Waals surface area contributed by atoms with Gasteiger partial charge in [-0.25, -0.2) is 0 Å². The van der Waals surface area contributed by atoms with Gasteiger partial charge >= 0.3 is 0 Å². The van der Waals surface area contributed by atoms with Gasteiger partial charge in [0, 0.05) is 18.8 Å². The topological polar surface area (TPSA) is 98.7 Å². The van der Waals surface area contributed by atoms with E-state index in [1.54, 1.807) is 23.7 Å². The van der Waals surface area contributed by atoms with Gasteiger partial charge in [-0.15, -0.1) is 11.8 Å². The summed E-state index contributed by atoms with van der Waals surface area (Å²) in [6, 6.07) is 8.03. The zero-order valence-corrected chi connectivity index (χ0v) is 19.6. The van der Waals surface area contributed by atoms with Crippen molar-refractivity contribution in [3.8, 4) is 0 Å². The predicted octanol–water partition coefficient (Wildman–Crippen LogP) is 1.86. The third kappa shape index (κ3) is 3.61. The Morgan fingerprint density at radius 3 is 2.66 bits per heavy atom. The number of nitrogens with zero attached hydrogens (tertiary/aromatic N) is 1. The van der Waals surface area contributed by atoms with Crippen LogP contribution in [0.3, 0.4) is 0 Å². The molecule has 0 aromatic heterocycles. The highest BCUT2D eigenvalue weighted by atomic mass is 32.2. The van der Waals surface area contributed by atoms with E-state index in [1.807, 2.05) is 30.3 Å². The summed E-state index contributed by atoms with van der Waals surface area (Å²) in [5, 5.41) is 16.2. The van der Waals surface area contributed by atoms with Gasteiger partial charge in [-0.2, -0.15) is 0 Å². The number of thioether (sulfide) groups is 1. The highest BCUT2D eigenvalue weighted by Crippen LogP contribution is 2.67. The first kappa shape index (κ1) is 23.1. The number of hydrogen-bond donors (Lipinski definition) is 3. The molecule has 7 nitrogen and oxygen atoms in total. The monoisotopic (exact) mass is 459 g/mol. The van der Waals surface area contributed by atoms with Crippen molar-refractivity contribution in [2.45, 2.75) is 61.1 Å². The molecule has 3 aliphatic rings. The van der Waals surface area contributed by atoms with Gasteiger partial charge in [0.05, 0.1) is 29.2 Å². The van der Waals surface area contributed by atoms with Crippen LogP contribution in [0.4, 0.5) is 0 Å². The average Bonchev–Trinajstić information content (AvgIpc) is 3.45. The molecule has 3 amide bonds. The first-order valence-corrected chi connectivity index (χ1v) is 12.5. The molecular formula is C24H33N3O4S. The second-order valence-electron chi connectivity index (χ2n) is 9.02. The van der Waals surface area contributed by atoms with E-state index in [1.165, 1.54) is 0 Å². The molecule has 0 aliphatic carbocycles. The van der Waals surface area contributed by atoms with E-state index in [4.69, 9.17) is 0 Å². The molecule has 4 rings (SSSR count). The van der Waals surface area contributed by atoms with Crippen molar-refractivity contribution >= 4 is 29.5 Å². The maximum absolute atomic E-state index is 13.9. The van der Waals surface area contributed by atoms with Gasteiger partial charge < -0.3 is 20.6 Å². The van der Waals surface area contributed by atoms with E-state index in [0.29, 0.717) is 6.54 Å². The van der Waals surface area contributed by atoms with Gasteiger partial charge in [-0.3, -0.25) is 14.4 Å². The fraction of sp³-hybridized carbons (Fsp3) is 0.625. The van der Waals surface area contributed by atoms with Gasteiger partial charge in [0.15, 0.2) is 0 Å². The molecule has 0 saturated carbocycles. The highest BCUT2D eigenvalue weighted by molar-refractivity contribution is 8.02. The summed E-state index contributed by atoms with van der Waals surface area (Å²) in [6.07, 6.45) is 4.51. The van der Waals surface area contributed by atoms with Crippen molar-refractivity contribution in [3.05, 3.63) is 35.9 Å². The number of hydrogen-bond acceptors (Lipinski definition) is 5. The molecule has 1 spiro atoms. The summed E-state index contributed by atoms with van der Waals surface area (Å²) in [7, 11) is 1.60. The summed E-state index contributed by atoms with van der Waals surface area (Å²) < 4.78 is -0.629. The van der Waals surface area contributed by atoms with E-state index >= 15 is 0 Å². The normalized spacial score (nSPS) is 31.5. The molecule has 0 radical (unpaired) electrons. The number of carbonyl (C=O) groups is 3. The van der Waals surface area contributed by atoms with E-state index < -0.39 is 28.7 Å². The van der Waals surface area contributed by atoms with Crippen LogP contribution < -0.4 is 10.6 Å². The minimum Gasteiger partial charge on any atom is -0.394 e. The molecule has 3 heterocycles. The smallest absolute Gasteiger partial charge is 0.244 e. The minimum absolute atomic E-state index is 0.0470. The summed E-state index contributed by atoms with van der Waals surface area (Å²) in [5.41, 5.74) is 0.791. The lowest BCUT2D eigenvalue weighted by Gasteiger charge is -2.37. The number of aliphatic hydroxyl groups excluding tert-OH is 1. The summed E-state index contributed by atoms with van der Waals surface area (Å²) in [5.74, 6) is -1.48. The van der Waals surface area contributed by atoms with Gasteiger partial charge in [-0.05, 0) is 24.8 Å². The van der Waals surface area contributed by atoms with Crippen LogP contribution in [0.1, 0.15) is 50.6 Å². The van der Waals surface area contributed by atoms with Crippen molar-refractivity contribution in [1.29, 1.82) is 0 Å². The molecule has 3 aliphatic heterocycles. The summed E-state index contributed by atoms with van der Waals surface area (Å²) in [4.78, 5) is 41.9. The van der Waals surface area contributed by atoms with Gasteiger partial charge in [0.1, 0.15) is 6.04 Å². The number of likely N-dealkylation sites (tertiary alicyclic amines) is 1. The summed E-state index contributed by atoms with van der Waals surface area (Å²) in [6.45, 7) is 2.40. The molecule has 2 unspecified atom stereocenters. The molecule has 3 N–H and O–H groups in total. The fourth-order valence-electron chi connectivity index (χ4n) is 5.91. The Hall–Kier alpha value is -2.06. The average molecular weight is 460 g/mol. The maximum atomic E-state index is 13.9. The molecule has 6 atom stereocenters. The number of fused-ring (bicyclic) bond motifs is 1. The first-order valence-electron chi connectivity index (χ1n) is 11.6. The molecule has 32 heavy (non-hydrogen) atoms. The third-order valence-electron chi connectivity index (χ3n) is 7.31. The maximum Gasteiger partial charge on any atom is 0.244 e. The van der Waals surface area contributed by atoms with Crippen LogP contribution in [0.15, 0.2) is 30.3 Å². The number of carbonyl (C=O) groups excluding carboxylic acids is 3. The number of amides is 3. The zero-order chi connectivity index (χ0) is 22.9. The lowest BCUT2D eigenvalue weighted by Crippen LogP contribution is -2.54. The van der Waals surface area contributed by atoms with Crippen molar-refractivity contribution in [1.82, 2.24) is 15.5 Å². The molecule has 1 aromatic rings. The van der Waals surface area contributed by atoms with Crippen molar-refractivity contribution in [2.75, 3.05) is 20.2 Å². The standard InChI is InChI=1S/C24H33N3O4S/c1-3-4-8-13-26-22(30)20-24-12-11-17(32-24)18(21(29)25-2)19(24)23(31)27(20)16(14-28)15-9-6-5-7-10-15/h5-7,9-10,16-20,28H,3-4,8,11-14H2,1-2H3,(H,25,29)(H,26,30)/t16-,17+,18-,19+,20?,24?/m1/s1. The van der Waals surface area contributed by atoms with E-state index in [9.17, 15) is 19.5 Å². The van der Waals surface area contributed by atoms with Crippen LogP contribution in [-0.2, 0) is 14.4 Å². The quantitative estimate of drug-likeness (QED) is 0.490. The number of rotatable bonds is 9. The number of aliphatic hydroxyl groups is 1. The molecule has 3 fully saturated rings. The van der Waals surface area contributed by atoms with Crippen LogP contribution in [0.5, 0.6) is 0 Å². The second-order valence-corrected chi connectivity index (χ2v) is 10.6. The SMILES string of the molecule is CCCCCNC(=O)C1N([C@H](CO)c2ccccc2)C(=O)[C@@H]2[C@H](C(=O)NC)[C@@H]3CCC12S3. The second kappa shape index (κ2) is 9.43. The lowest BCUT2D eigenvalue weighted by atomic mass is 9.71. The molecule has 8 heteroatoms. The van der Waals surface area contributed by atoms with Gasteiger partial charge in [0.25, 0.3) is 0 Å². The Kier molecular flexibility index (Phi) is 6.81. The van der Waals surface area contributed by atoms with Crippen molar-refractivity contribution < 1.29 is 19.5 Å². The Morgan fingerprint density at radius 1 is 1.25 bits per heavy atom. The van der Waals surface area contributed by atoms with Crippen molar-refractivity contribution in [2.24, 2.45) is 11.8 Å². The first-order chi connectivity index (χ1) is 15.5. The Morgan fingerprint density at radius 2 is 2.00 bits per heavy atom. The molecule has 1 aromatic carbocycles. The molecule has 2 bridgehead atoms. The number of nitrogens with one attached hydrogen (secondary N) is 2. The van der Waals surface area contributed by atoms with Crippen LogP contribution in [-0.4, -0.2) is 64.0 Å². The van der Waals surface area contributed by atoms with E-state index in [2.05, 4.69) is 17.6 Å². The molecular weight excluding hydrogens is 426 g/mol. The predicted molar refractivity (Wildman–Crippen MR) is 124 cm³/mol. The summed E-state index contributed by atoms with van der Waals surface area (Å²) >= 11 is 1.65.